The predicted molar refractivity (Wildman–Crippen MR) is 70.3 cm³/mol. The number of nitrogen functional groups attached to an aromatic ring is 1. The number of anilines is 1. The molecule has 1 aromatic carbocycles. The maximum Gasteiger partial charge on any atom is 0.242 e. The third kappa shape index (κ3) is 3.22. The van der Waals surface area contributed by atoms with Gasteiger partial charge in [-0.15, -0.1) is 0 Å². The van der Waals surface area contributed by atoms with E-state index >= 15 is 0 Å². The number of hydrogen-bond donors (Lipinski definition) is 2. The van der Waals surface area contributed by atoms with Gasteiger partial charge in [-0.2, -0.15) is 5.26 Å². The number of nitriles is 1. The molecule has 0 amide bonds. The van der Waals surface area contributed by atoms with Gasteiger partial charge in [-0.1, -0.05) is 6.92 Å². The van der Waals surface area contributed by atoms with Crippen LogP contribution in [0.15, 0.2) is 23.1 Å². The third-order valence-corrected chi connectivity index (χ3v) is 4.46. The molecule has 0 saturated carbocycles. The molecule has 0 radical (unpaired) electrons. The molecular weight excluding hydrogens is 250 g/mol. The van der Waals surface area contributed by atoms with Gasteiger partial charge in [0.2, 0.25) is 10.0 Å². The zero-order chi connectivity index (χ0) is 14.0. The maximum atomic E-state index is 12.2. The van der Waals surface area contributed by atoms with E-state index < -0.39 is 15.6 Å². The summed E-state index contributed by atoms with van der Waals surface area (Å²) in [6.07, 6.45) is 0.642. The van der Waals surface area contributed by atoms with Gasteiger partial charge in [0.25, 0.3) is 0 Å². The number of sulfonamides is 1. The van der Waals surface area contributed by atoms with Gasteiger partial charge in [0, 0.05) is 11.2 Å². The van der Waals surface area contributed by atoms with Crippen LogP contribution in [-0.4, -0.2) is 14.0 Å². The molecule has 1 aromatic rings. The fourth-order valence-electron chi connectivity index (χ4n) is 1.36. The average Bonchev–Trinajstić information content (AvgIpc) is 2.27. The van der Waals surface area contributed by atoms with Gasteiger partial charge in [0.05, 0.1) is 10.5 Å². The highest BCUT2D eigenvalue weighted by molar-refractivity contribution is 7.89. The first kappa shape index (κ1) is 14.5. The van der Waals surface area contributed by atoms with Crippen LogP contribution in [0.1, 0.15) is 32.8 Å². The summed E-state index contributed by atoms with van der Waals surface area (Å²) < 4.78 is 27.0. The van der Waals surface area contributed by atoms with Crippen LogP contribution in [0.5, 0.6) is 0 Å². The summed E-state index contributed by atoms with van der Waals surface area (Å²) in [5.41, 5.74) is 5.38. The zero-order valence-corrected chi connectivity index (χ0v) is 11.5. The molecule has 0 atom stereocenters. The molecule has 0 spiro atoms. The lowest BCUT2D eigenvalue weighted by atomic mass is 10.0. The van der Waals surface area contributed by atoms with Crippen molar-refractivity contribution in [2.45, 2.75) is 37.6 Å². The molecule has 0 saturated heterocycles. The molecule has 0 fully saturated rings. The van der Waals surface area contributed by atoms with Gasteiger partial charge in [-0.05, 0) is 38.5 Å². The number of rotatable bonds is 4. The van der Waals surface area contributed by atoms with Gasteiger partial charge in [0.15, 0.2) is 0 Å². The summed E-state index contributed by atoms with van der Waals surface area (Å²) in [6.45, 7) is 5.46. The predicted octanol–water partition coefficient (Wildman–Crippen LogP) is 1.61. The maximum absolute atomic E-state index is 12.2. The molecule has 0 aliphatic carbocycles. The minimum absolute atomic E-state index is 0.0410. The summed E-state index contributed by atoms with van der Waals surface area (Å²) in [4.78, 5) is -0.0410. The molecule has 0 aliphatic heterocycles. The van der Waals surface area contributed by atoms with E-state index in [1.165, 1.54) is 18.2 Å². The van der Waals surface area contributed by atoms with Gasteiger partial charge in [-0.25, -0.2) is 13.1 Å². The van der Waals surface area contributed by atoms with Crippen molar-refractivity contribution >= 4 is 15.7 Å². The second kappa shape index (κ2) is 4.96. The third-order valence-electron chi connectivity index (χ3n) is 2.71. The summed E-state index contributed by atoms with van der Waals surface area (Å²) >= 11 is 0. The summed E-state index contributed by atoms with van der Waals surface area (Å²) in [6, 6.07) is 6.02. The first-order valence-electron chi connectivity index (χ1n) is 5.55. The lowest BCUT2D eigenvalue weighted by Crippen LogP contribution is -2.42. The van der Waals surface area contributed by atoms with Crippen molar-refractivity contribution in [3.63, 3.8) is 0 Å². The van der Waals surface area contributed by atoms with Crippen LogP contribution in [0, 0.1) is 11.3 Å². The number of nitrogens with one attached hydrogen (secondary N) is 1. The molecule has 98 valence electrons. The lowest BCUT2D eigenvalue weighted by Gasteiger charge is -2.24. The molecule has 0 bridgehead atoms. The quantitative estimate of drug-likeness (QED) is 0.810. The lowest BCUT2D eigenvalue weighted by molar-refractivity contribution is 0.439. The van der Waals surface area contributed by atoms with Crippen LogP contribution in [0.4, 0.5) is 5.69 Å². The van der Waals surface area contributed by atoms with Crippen LogP contribution >= 0.6 is 0 Å². The number of benzene rings is 1. The fraction of sp³-hybridized carbons (Fsp3) is 0.417. The Balaban J connectivity index is 3.26. The number of hydrogen-bond acceptors (Lipinski definition) is 4. The van der Waals surface area contributed by atoms with Crippen LogP contribution in [-0.2, 0) is 10.0 Å². The second-order valence-electron chi connectivity index (χ2n) is 4.71. The average molecular weight is 267 g/mol. The van der Waals surface area contributed by atoms with Crippen molar-refractivity contribution in [1.82, 2.24) is 4.72 Å². The standard InChI is InChI=1S/C12H17N3O2S/c1-4-12(2,3)15-18(16,17)11-6-5-10(14)7-9(11)8-13/h5-7,15H,4,14H2,1-3H3. The van der Waals surface area contributed by atoms with Gasteiger partial charge in [-0.3, -0.25) is 0 Å². The molecule has 0 aliphatic rings. The smallest absolute Gasteiger partial charge is 0.242 e. The van der Waals surface area contributed by atoms with Crippen LogP contribution in [0.2, 0.25) is 0 Å². The first-order valence-corrected chi connectivity index (χ1v) is 7.04. The Morgan fingerprint density at radius 2 is 2.06 bits per heavy atom. The molecule has 3 N–H and O–H groups in total. The van der Waals surface area contributed by atoms with Crippen molar-refractivity contribution in [2.75, 3.05) is 5.73 Å². The van der Waals surface area contributed by atoms with Gasteiger partial charge < -0.3 is 5.73 Å². The summed E-state index contributed by atoms with van der Waals surface area (Å²) in [5, 5.41) is 8.96. The van der Waals surface area contributed by atoms with E-state index in [-0.39, 0.29) is 10.5 Å². The van der Waals surface area contributed by atoms with Gasteiger partial charge in [0.1, 0.15) is 6.07 Å². The monoisotopic (exact) mass is 267 g/mol. The summed E-state index contributed by atoms with van der Waals surface area (Å²) in [7, 11) is -3.72. The highest BCUT2D eigenvalue weighted by Gasteiger charge is 2.26. The topological polar surface area (TPSA) is 96.0 Å². The Labute approximate surface area is 108 Å². The van der Waals surface area contributed by atoms with E-state index in [9.17, 15) is 8.42 Å². The normalized spacial score (nSPS) is 12.1. The zero-order valence-electron chi connectivity index (χ0n) is 10.7. The van der Waals surface area contributed by atoms with Crippen molar-refractivity contribution < 1.29 is 8.42 Å². The molecule has 0 heterocycles. The van der Waals surface area contributed by atoms with Crippen molar-refractivity contribution in [1.29, 1.82) is 5.26 Å². The van der Waals surface area contributed by atoms with E-state index in [1.54, 1.807) is 13.8 Å². The van der Waals surface area contributed by atoms with Crippen LogP contribution in [0.25, 0.3) is 0 Å². The first-order chi connectivity index (χ1) is 8.22. The number of nitrogens with two attached hydrogens (primary N) is 1. The summed E-state index contributed by atoms with van der Waals surface area (Å²) in [5.74, 6) is 0. The highest BCUT2D eigenvalue weighted by atomic mass is 32.2. The molecule has 1 rings (SSSR count). The van der Waals surface area contributed by atoms with Crippen LogP contribution < -0.4 is 10.5 Å². The van der Waals surface area contributed by atoms with E-state index in [1.807, 2.05) is 13.0 Å². The molecule has 0 aromatic heterocycles. The Bertz CT molecular complexity index is 586. The molecule has 5 nitrogen and oxygen atoms in total. The fourth-order valence-corrected chi connectivity index (χ4v) is 2.98. The Kier molecular flexibility index (Phi) is 3.99. The Hall–Kier alpha value is -1.58. The van der Waals surface area contributed by atoms with Gasteiger partial charge >= 0.3 is 0 Å². The van der Waals surface area contributed by atoms with Crippen molar-refractivity contribution in [3.05, 3.63) is 23.8 Å². The van der Waals surface area contributed by atoms with E-state index in [0.717, 1.165) is 0 Å². The number of nitrogens with zero attached hydrogens (tertiary/aromatic N) is 1. The molecule has 0 unspecified atom stereocenters. The highest BCUT2D eigenvalue weighted by Crippen LogP contribution is 2.20. The second-order valence-corrected chi connectivity index (χ2v) is 6.36. The molecular formula is C12H17N3O2S. The van der Waals surface area contributed by atoms with E-state index in [0.29, 0.717) is 12.1 Å². The minimum atomic E-state index is -3.72. The molecule has 6 heteroatoms. The SMILES string of the molecule is CCC(C)(C)NS(=O)(=O)c1ccc(N)cc1C#N. The van der Waals surface area contributed by atoms with E-state index in [2.05, 4.69) is 4.72 Å². The Morgan fingerprint density at radius 1 is 1.44 bits per heavy atom. The largest absolute Gasteiger partial charge is 0.399 e. The molecule has 18 heavy (non-hydrogen) atoms. The van der Waals surface area contributed by atoms with Crippen molar-refractivity contribution in [2.24, 2.45) is 0 Å². The van der Waals surface area contributed by atoms with Crippen molar-refractivity contribution in [3.8, 4) is 6.07 Å². The van der Waals surface area contributed by atoms with Crippen LogP contribution in [0.3, 0.4) is 0 Å². The minimum Gasteiger partial charge on any atom is -0.399 e. The van der Waals surface area contributed by atoms with E-state index in [4.69, 9.17) is 11.0 Å². The Morgan fingerprint density at radius 3 is 2.56 bits per heavy atom.